The molecule has 2 atom stereocenters. The van der Waals surface area contributed by atoms with E-state index in [2.05, 4.69) is 20.8 Å². The van der Waals surface area contributed by atoms with Gasteiger partial charge in [-0.1, -0.05) is 99.6 Å². The molecule has 0 fully saturated rings. The normalized spacial score (nSPS) is 22.0. The standard InChI is InChI=1S/C29H34O5Si/c1-5-33-26(30)28(31)20-19-23-24(27(2,3)4)17-12-18-25(23)29(28,32)34-35(21-13-8-6-9-14-21)22-15-10-7-11-16-22/h6-18,31-32,35H,5,19-20H2,1-4H3/t28-,29-/m0/s1. The maximum absolute atomic E-state index is 13.2. The summed E-state index contributed by atoms with van der Waals surface area (Å²) < 4.78 is 11.9. The van der Waals surface area contributed by atoms with Gasteiger partial charge in [0.15, 0.2) is 0 Å². The maximum Gasteiger partial charge on any atom is 0.344 e. The number of carbonyl (C=O) groups excluding carboxylic acids is 1. The molecule has 1 aliphatic carbocycles. The van der Waals surface area contributed by atoms with Gasteiger partial charge in [0, 0.05) is 5.56 Å². The summed E-state index contributed by atoms with van der Waals surface area (Å²) in [6.07, 6.45) is 0.416. The summed E-state index contributed by atoms with van der Waals surface area (Å²) in [5.74, 6) is -3.15. The molecular weight excluding hydrogens is 456 g/mol. The molecule has 0 amide bonds. The van der Waals surface area contributed by atoms with Crippen molar-refractivity contribution in [2.45, 2.75) is 57.3 Å². The minimum absolute atomic E-state index is 0.00682. The van der Waals surface area contributed by atoms with Gasteiger partial charge < -0.3 is 19.4 Å². The van der Waals surface area contributed by atoms with Crippen LogP contribution in [0, 0.1) is 0 Å². The first-order chi connectivity index (χ1) is 16.6. The Hall–Kier alpha value is -2.77. The topological polar surface area (TPSA) is 76.0 Å². The number of benzene rings is 3. The van der Waals surface area contributed by atoms with Gasteiger partial charge in [-0.3, -0.25) is 0 Å². The molecule has 0 bridgehead atoms. The van der Waals surface area contributed by atoms with Crippen molar-refractivity contribution in [2.24, 2.45) is 0 Å². The first-order valence-corrected chi connectivity index (χ1v) is 13.8. The van der Waals surface area contributed by atoms with Crippen LogP contribution in [0.4, 0.5) is 0 Å². The summed E-state index contributed by atoms with van der Waals surface area (Å²) in [5, 5.41) is 26.1. The van der Waals surface area contributed by atoms with Crippen molar-refractivity contribution in [1.29, 1.82) is 0 Å². The second kappa shape index (κ2) is 9.70. The number of ether oxygens (including phenoxy) is 1. The van der Waals surface area contributed by atoms with Crippen molar-refractivity contribution < 1.29 is 24.2 Å². The van der Waals surface area contributed by atoms with Crippen LogP contribution in [0.1, 0.15) is 50.8 Å². The van der Waals surface area contributed by atoms with Gasteiger partial charge in [0.05, 0.1) is 6.61 Å². The van der Waals surface area contributed by atoms with Gasteiger partial charge >= 0.3 is 5.97 Å². The molecule has 35 heavy (non-hydrogen) atoms. The molecule has 4 rings (SSSR count). The van der Waals surface area contributed by atoms with Crippen LogP contribution < -0.4 is 10.4 Å². The Bertz CT molecular complexity index is 1140. The molecule has 6 heteroatoms. The Kier molecular flexibility index (Phi) is 7.02. The van der Waals surface area contributed by atoms with Crippen LogP contribution in [0.2, 0.25) is 0 Å². The minimum atomic E-state index is -2.57. The molecule has 2 N–H and O–H groups in total. The third kappa shape index (κ3) is 4.59. The lowest BCUT2D eigenvalue weighted by molar-refractivity contribution is -0.276. The molecule has 0 radical (unpaired) electrons. The number of rotatable bonds is 6. The van der Waals surface area contributed by atoms with Crippen LogP contribution in [-0.4, -0.2) is 37.4 Å². The minimum Gasteiger partial charge on any atom is -0.464 e. The molecule has 0 aliphatic heterocycles. The fourth-order valence-electron chi connectivity index (χ4n) is 4.98. The average Bonchev–Trinajstić information content (AvgIpc) is 2.85. The monoisotopic (exact) mass is 490 g/mol. The Morgan fingerprint density at radius 2 is 1.49 bits per heavy atom. The fraction of sp³-hybridized carbons (Fsp3) is 0.345. The van der Waals surface area contributed by atoms with Crippen LogP contribution in [0.3, 0.4) is 0 Å². The molecular formula is C29H34O5Si. The van der Waals surface area contributed by atoms with Gasteiger partial charge in [0.25, 0.3) is 0 Å². The van der Waals surface area contributed by atoms with Crippen molar-refractivity contribution in [3.8, 4) is 0 Å². The Labute approximate surface area is 209 Å². The van der Waals surface area contributed by atoms with Crippen molar-refractivity contribution in [3.63, 3.8) is 0 Å². The van der Waals surface area contributed by atoms with E-state index in [-0.39, 0.29) is 18.4 Å². The third-order valence-corrected chi connectivity index (χ3v) is 9.31. The molecule has 0 spiro atoms. The smallest absolute Gasteiger partial charge is 0.344 e. The van der Waals surface area contributed by atoms with Gasteiger partial charge in [-0.05, 0) is 46.7 Å². The lowest BCUT2D eigenvalue weighted by atomic mass is 9.70. The van der Waals surface area contributed by atoms with E-state index in [1.54, 1.807) is 13.0 Å². The summed E-state index contributed by atoms with van der Waals surface area (Å²) in [7, 11) is -2.57. The highest BCUT2D eigenvalue weighted by Crippen LogP contribution is 2.47. The molecule has 5 nitrogen and oxygen atoms in total. The van der Waals surface area contributed by atoms with Gasteiger partial charge in [0.2, 0.25) is 20.4 Å². The predicted octanol–water partition coefficient (Wildman–Crippen LogP) is 2.92. The lowest BCUT2D eigenvalue weighted by Gasteiger charge is -2.48. The van der Waals surface area contributed by atoms with E-state index < -0.39 is 26.4 Å². The van der Waals surface area contributed by atoms with E-state index in [1.165, 1.54) is 0 Å². The van der Waals surface area contributed by atoms with Crippen LogP contribution in [0.5, 0.6) is 0 Å². The van der Waals surface area contributed by atoms with Crippen LogP contribution in [-0.2, 0) is 31.6 Å². The van der Waals surface area contributed by atoms with E-state index in [4.69, 9.17) is 9.16 Å². The quantitative estimate of drug-likeness (QED) is 0.316. The second-order valence-corrected chi connectivity index (χ2v) is 12.5. The van der Waals surface area contributed by atoms with E-state index in [1.807, 2.05) is 72.8 Å². The van der Waals surface area contributed by atoms with E-state index in [0.717, 1.165) is 21.5 Å². The highest BCUT2D eigenvalue weighted by Gasteiger charge is 2.62. The number of hydrogen-bond acceptors (Lipinski definition) is 5. The molecule has 3 aromatic rings. The fourth-order valence-corrected chi connectivity index (χ4v) is 7.44. The van der Waals surface area contributed by atoms with Crippen molar-refractivity contribution in [1.82, 2.24) is 0 Å². The van der Waals surface area contributed by atoms with Crippen LogP contribution >= 0.6 is 0 Å². The van der Waals surface area contributed by atoms with Gasteiger partial charge in [-0.15, -0.1) is 0 Å². The first-order valence-electron chi connectivity index (χ1n) is 12.1. The van der Waals surface area contributed by atoms with Gasteiger partial charge in [-0.25, -0.2) is 4.79 Å². The van der Waals surface area contributed by atoms with Crippen molar-refractivity contribution in [3.05, 3.63) is 95.6 Å². The van der Waals surface area contributed by atoms with Gasteiger partial charge in [-0.2, -0.15) is 0 Å². The highest BCUT2D eigenvalue weighted by molar-refractivity contribution is 6.80. The highest BCUT2D eigenvalue weighted by atomic mass is 28.3. The largest absolute Gasteiger partial charge is 0.464 e. The predicted molar refractivity (Wildman–Crippen MR) is 139 cm³/mol. The maximum atomic E-state index is 13.2. The summed E-state index contributed by atoms with van der Waals surface area (Å²) in [4.78, 5) is 13.2. The van der Waals surface area contributed by atoms with Gasteiger partial charge in [0.1, 0.15) is 0 Å². The van der Waals surface area contributed by atoms with Crippen LogP contribution in [0.15, 0.2) is 78.9 Å². The summed E-state index contributed by atoms with van der Waals surface area (Å²) in [6, 6.07) is 25.1. The Balaban J connectivity index is 1.94. The number of aliphatic hydroxyl groups is 2. The number of hydrogen-bond donors (Lipinski definition) is 2. The zero-order chi connectivity index (χ0) is 25.3. The Morgan fingerprint density at radius 1 is 0.914 bits per heavy atom. The average molecular weight is 491 g/mol. The first kappa shape index (κ1) is 25.3. The van der Waals surface area contributed by atoms with Crippen LogP contribution in [0.25, 0.3) is 0 Å². The summed E-state index contributed by atoms with van der Waals surface area (Å²) in [6.45, 7) is 8.10. The zero-order valence-electron chi connectivity index (χ0n) is 20.8. The Morgan fingerprint density at radius 3 is 2.00 bits per heavy atom. The van der Waals surface area contributed by atoms with E-state index in [9.17, 15) is 15.0 Å². The SMILES string of the molecule is CCOC(=O)[C@@]1(O)CCc2c(C(C)(C)C)cccc2[C@]1(O)O[SiH](c1ccccc1)c1ccccc1. The van der Waals surface area contributed by atoms with Crippen molar-refractivity contribution >= 4 is 25.4 Å². The molecule has 0 unspecified atom stereocenters. The molecule has 0 aromatic heterocycles. The molecule has 0 heterocycles. The number of esters is 1. The number of fused-ring (bicyclic) bond motifs is 1. The van der Waals surface area contributed by atoms with Crippen molar-refractivity contribution in [2.75, 3.05) is 6.61 Å². The molecule has 184 valence electrons. The molecule has 0 saturated carbocycles. The molecule has 1 aliphatic rings. The molecule has 3 aromatic carbocycles. The second-order valence-electron chi connectivity index (χ2n) is 10.1. The van der Waals surface area contributed by atoms with E-state index >= 15 is 0 Å². The summed E-state index contributed by atoms with van der Waals surface area (Å²) in [5.41, 5.74) is -0.0511. The summed E-state index contributed by atoms with van der Waals surface area (Å²) >= 11 is 0. The lowest BCUT2D eigenvalue weighted by Crippen LogP contribution is -2.65. The third-order valence-electron chi connectivity index (χ3n) is 6.75. The number of carbonyl (C=O) groups is 1. The zero-order valence-corrected chi connectivity index (χ0v) is 22.0. The molecule has 0 saturated heterocycles. The van der Waals surface area contributed by atoms with E-state index in [0.29, 0.717) is 12.0 Å².